The molecule has 5 nitrogen and oxygen atoms in total. The molecule has 154 valence electrons. The lowest BCUT2D eigenvalue weighted by atomic mass is 10.0. The first-order valence-corrected chi connectivity index (χ1v) is 10.6. The van der Waals surface area contributed by atoms with Crippen LogP contribution in [0.15, 0.2) is 54.6 Å². The maximum absolute atomic E-state index is 13.1. The first-order chi connectivity index (χ1) is 14.2. The highest BCUT2D eigenvalue weighted by Crippen LogP contribution is 2.33. The van der Waals surface area contributed by atoms with Gasteiger partial charge in [-0.1, -0.05) is 42.5 Å². The van der Waals surface area contributed by atoms with E-state index >= 15 is 0 Å². The van der Waals surface area contributed by atoms with Gasteiger partial charge in [0.15, 0.2) is 0 Å². The van der Waals surface area contributed by atoms with Crippen LogP contribution in [0, 0.1) is 0 Å². The van der Waals surface area contributed by atoms with Crippen molar-refractivity contribution in [3.63, 3.8) is 0 Å². The van der Waals surface area contributed by atoms with Gasteiger partial charge < -0.3 is 9.64 Å². The zero-order valence-electron chi connectivity index (χ0n) is 17.3. The molecule has 0 N–H and O–H groups in total. The number of nitrogens with zero attached hydrogens (tertiary/aromatic N) is 3. The molecular weight excluding hydrogens is 362 g/mol. The highest BCUT2D eigenvalue weighted by atomic mass is 16.5. The van der Waals surface area contributed by atoms with Crippen molar-refractivity contribution in [1.29, 1.82) is 0 Å². The minimum Gasteiger partial charge on any atom is -0.497 e. The molecule has 2 heterocycles. The normalized spacial score (nSPS) is 20.7. The van der Waals surface area contributed by atoms with Crippen LogP contribution in [0.3, 0.4) is 0 Å². The molecule has 2 fully saturated rings. The van der Waals surface area contributed by atoms with Gasteiger partial charge in [-0.15, -0.1) is 0 Å². The summed E-state index contributed by atoms with van der Waals surface area (Å²) < 4.78 is 5.37. The summed E-state index contributed by atoms with van der Waals surface area (Å²) in [4.78, 5) is 19.9. The van der Waals surface area contributed by atoms with Crippen molar-refractivity contribution >= 4 is 5.91 Å². The molecule has 2 aromatic carbocycles. The number of carbonyl (C=O) groups is 1. The monoisotopic (exact) mass is 393 g/mol. The molecule has 1 unspecified atom stereocenters. The fourth-order valence-electron chi connectivity index (χ4n) is 4.49. The second-order valence-electron chi connectivity index (χ2n) is 8.06. The van der Waals surface area contributed by atoms with Gasteiger partial charge in [0, 0.05) is 39.3 Å². The van der Waals surface area contributed by atoms with Crippen LogP contribution >= 0.6 is 0 Å². The number of hydrogen-bond acceptors (Lipinski definition) is 4. The van der Waals surface area contributed by atoms with Gasteiger partial charge in [-0.25, -0.2) is 0 Å². The fraction of sp³-hybridized carbons (Fsp3) is 0.458. The number of carbonyl (C=O) groups excluding carboxylic acids is 1. The number of ether oxygens (including phenoxy) is 1. The number of methoxy groups -OCH3 is 1. The average Bonchev–Trinajstić information content (AvgIpc) is 3.26. The summed E-state index contributed by atoms with van der Waals surface area (Å²) in [6.45, 7) is 6.32. The zero-order valence-corrected chi connectivity index (χ0v) is 17.3. The van der Waals surface area contributed by atoms with Gasteiger partial charge in [0.25, 0.3) is 0 Å². The molecule has 0 aromatic heterocycles. The number of benzene rings is 2. The molecular formula is C24H31N3O2. The summed E-state index contributed by atoms with van der Waals surface area (Å²) in [6, 6.07) is 18.9. The maximum atomic E-state index is 13.1. The van der Waals surface area contributed by atoms with E-state index in [1.54, 1.807) is 7.11 Å². The fourth-order valence-corrected chi connectivity index (χ4v) is 4.49. The quantitative estimate of drug-likeness (QED) is 0.755. The van der Waals surface area contributed by atoms with Crippen LogP contribution in [-0.4, -0.2) is 67.0 Å². The summed E-state index contributed by atoms with van der Waals surface area (Å²) in [5.74, 6) is 1.11. The third-order valence-electron chi connectivity index (χ3n) is 6.12. The zero-order chi connectivity index (χ0) is 20.1. The maximum Gasteiger partial charge on any atom is 0.237 e. The van der Waals surface area contributed by atoms with Crippen molar-refractivity contribution in [1.82, 2.24) is 14.7 Å². The summed E-state index contributed by atoms with van der Waals surface area (Å²) in [5, 5.41) is 0. The van der Waals surface area contributed by atoms with E-state index in [1.165, 1.54) is 11.1 Å². The van der Waals surface area contributed by atoms with Gasteiger partial charge in [-0.2, -0.15) is 0 Å². The van der Waals surface area contributed by atoms with E-state index in [0.29, 0.717) is 6.54 Å². The van der Waals surface area contributed by atoms with E-state index < -0.39 is 0 Å². The molecule has 0 aliphatic carbocycles. The number of hydrogen-bond donors (Lipinski definition) is 0. The molecule has 2 aliphatic heterocycles. The Morgan fingerprint density at radius 3 is 2.48 bits per heavy atom. The van der Waals surface area contributed by atoms with Gasteiger partial charge in [0.1, 0.15) is 5.75 Å². The molecule has 0 radical (unpaired) electrons. The van der Waals surface area contributed by atoms with Gasteiger partial charge in [0.2, 0.25) is 5.91 Å². The molecule has 2 saturated heterocycles. The largest absolute Gasteiger partial charge is 0.497 e. The van der Waals surface area contributed by atoms with Crippen LogP contribution < -0.4 is 4.74 Å². The Morgan fingerprint density at radius 2 is 1.72 bits per heavy atom. The Hall–Kier alpha value is -2.37. The summed E-state index contributed by atoms with van der Waals surface area (Å²) >= 11 is 0. The third-order valence-corrected chi connectivity index (χ3v) is 6.12. The third kappa shape index (κ3) is 4.98. The number of rotatable bonds is 6. The Labute approximate surface area is 173 Å². The predicted octanol–water partition coefficient (Wildman–Crippen LogP) is 3.18. The molecule has 5 heteroatoms. The summed E-state index contributed by atoms with van der Waals surface area (Å²) in [7, 11) is 1.69. The molecule has 0 saturated carbocycles. The Morgan fingerprint density at radius 1 is 0.966 bits per heavy atom. The van der Waals surface area contributed by atoms with E-state index in [4.69, 9.17) is 4.74 Å². The minimum absolute atomic E-state index is 0.178. The van der Waals surface area contributed by atoms with Crippen molar-refractivity contribution in [3.05, 3.63) is 65.7 Å². The van der Waals surface area contributed by atoms with Crippen LogP contribution in [0.25, 0.3) is 0 Å². The number of likely N-dealkylation sites (tertiary alicyclic amines) is 1. The molecule has 2 aliphatic rings. The second kappa shape index (κ2) is 9.42. The van der Waals surface area contributed by atoms with Crippen molar-refractivity contribution < 1.29 is 9.53 Å². The van der Waals surface area contributed by atoms with E-state index in [-0.39, 0.29) is 11.9 Å². The second-order valence-corrected chi connectivity index (χ2v) is 8.06. The molecule has 1 amide bonds. The Kier molecular flexibility index (Phi) is 6.47. The SMILES string of the molecule is COc1cccc(C2CCCN2C(=O)CN2CCN(Cc3ccccc3)CC2)c1. The summed E-state index contributed by atoms with van der Waals surface area (Å²) in [5.41, 5.74) is 2.54. The topological polar surface area (TPSA) is 36.0 Å². The Balaban J connectivity index is 1.30. The van der Waals surface area contributed by atoms with Gasteiger partial charge in [0.05, 0.1) is 19.7 Å². The molecule has 4 rings (SSSR count). The van der Waals surface area contributed by atoms with E-state index in [9.17, 15) is 4.79 Å². The summed E-state index contributed by atoms with van der Waals surface area (Å²) in [6.07, 6.45) is 2.10. The average molecular weight is 394 g/mol. The number of amides is 1. The minimum atomic E-state index is 0.178. The van der Waals surface area contributed by atoms with E-state index in [1.807, 2.05) is 12.1 Å². The molecule has 29 heavy (non-hydrogen) atoms. The van der Waals surface area contributed by atoms with E-state index in [2.05, 4.69) is 57.2 Å². The first-order valence-electron chi connectivity index (χ1n) is 10.6. The van der Waals surface area contributed by atoms with Crippen molar-refractivity contribution in [2.24, 2.45) is 0 Å². The molecule has 0 bridgehead atoms. The van der Waals surface area contributed by atoms with Gasteiger partial charge in [-0.05, 0) is 36.1 Å². The standard InChI is InChI=1S/C24H31N3O2/c1-29-22-10-5-9-21(17-22)23-11-6-12-27(23)24(28)19-26-15-13-25(14-16-26)18-20-7-3-2-4-8-20/h2-5,7-10,17,23H,6,11-16,18-19H2,1H3. The first kappa shape index (κ1) is 19.9. The lowest BCUT2D eigenvalue weighted by Crippen LogP contribution is -2.49. The number of piperazine rings is 1. The van der Waals surface area contributed by atoms with Crippen LogP contribution in [-0.2, 0) is 11.3 Å². The van der Waals surface area contributed by atoms with Crippen LogP contribution in [0.5, 0.6) is 5.75 Å². The lowest BCUT2D eigenvalue weighted by Gasteiger charge is -2.35. The predicted molar refractivity (Wildman–Crippen MR) is 115 cm³/mol. The Bertz CT molecular complexity index is 803. The van der Waals surface area contributed by atoms with Gasteiger partial charge >= 0.3 is 0 Å². The van der Waals surface area contributed by atoms with Crippen LogP contribution in [0.1, 0.15) is 30.0 Å². The smallest absolute Gasteiger partial charge is 0.237 e. The molecule has 2 aromatic rings. The van der Waals surface area contributed by atoms with Crippen LogP contribution in [0.2, 0.25) is 0 Å². The van der Waals surface area contributed by atoms with Crippen molar-refractivity contribution in [2.45, 2.75) is 25.4 Å². The molecule has 0 spiro atoms. The van der Waals surface area contributed by atoms with Crippen molar-refractivity contribution in [2.75, 3.05) is 46.4 Å². The van der Waals surface area contributed by atoms with E-state index in [0.717, 1.165) is 57.9 Å². The highest BCUT2D eigenvalue weighted by molar-refractivity contribution is 5.79. The van der Waals surface area contributed by atoms with Crippen molar-refractivity contribution in [3.8, 4) is 5.75 Å². The molecule has 1 atom stereocenters. The van der Waals surface area contributed by atoms with Crippen LogP contribution in [0.4, 0.5) is 0 Å². The lowest BCUT2D eigenvalue weighted by molar-refractivity contribution is -0.133. The van der Waals surface area contributed by atoms with Gasteiger partial charge in [-0.3, -0.25) is 14.6 Å². The highest BCUT2D eigenvalue weighted by Gasteiger charge is 2.31.